The number of phenols is 2. The molecule has 0 radical (unpaired) electrons. The van der Waals surface area contributed by atoms with E-state index in [1.54, 1.807) is 6.92 Å². The van der Waals surface area contributed by atoms with E-state index in [1.165, 1.54) is 18.3 Å². The van der Waals surface area contributed by atoms with Gasteiger partial charge in [0.25, 0.3) is 0 Å². The second-order valence-electron chi connectivity index (χ2n) is 4.66. The molecular weight excluding hydrogens is 344 g/mol. The highest BCUT2D eigenvalue weighted by molar-refractivity contribution is 9.10. The number of benzene rings is 1. The minimum Gasteiger partial charge on any atom is -0.507 e. The Morgan fingerprint density at radius 3 is 2.76 bits per heavy atom. The van der Waals surface area contributed by atoms with Crippen LogP contribution < -0.4 is 5.43 Å². The molecule has 1 aromatic carbocycles. The predicted octanol–water partition coefficient (Wildman–Crippen LogP) is 1.46. The molecule has 0 bridgehead atoms. The maximum absolute atomic E-state index is 11.7. The number of ether oxygens (including phenoxy) is 2. The van der Waals surface area contributed by atoms with Crippen molar-refractivity contribution in [1.82, 2.24) is 5.43 Å². The van der Waals surface area contributed by atoms with Gasteiger partial charge >= 0.3 is 0 Å². The van der Waals surface area contributed by atoms with Crippen molar-refractivity contribution in [2.24, 2.45) is 5.10 Å². The lowest BCUT2D eigenvalue weighted by Gasteiger charge is -2.20. The molecule has 0 atom stereocenters. The van der Waals surface area contributed by atoms with Crippen LogP contribution in [0.3, 0.4) is 0 Å². The standard InChI is InChI=1S/C13H15BrN2O5/c1-13(20-2-3-21-13)6-12(19)16-15-7-8-4-9(14)11(18)5-10(8)17/h4-5,7,17-18H,2-3,6H2,1H3,(H,16,19). The van der Waals surface area contributed by atoms with Crippen molar-refractivity contribution in [2.75, 3.05) is 13.2 Å². The number of nitrogens with zero attached hydrogens (tertiary/aromatic N) is 1. The molecule has 1 aromatic rings. The molecule has 3 N–H and O–H groups in total. The Kier molecular flexibility index (Phi) is 4.81. The molecule has 1 heterocycles. The maximum atomic E-state index is 11.7. The van der Waals surface area contributed by atoms with E-state index in [4.69, 9.17) is 9.47 Å². The average molecular weight is 359 g/mol. The van der Waals surface area contributed by atoms with Crippen LogP contribution in [0, 0.1) is 0 Å². The zero-order valence-electron chi connectivity index (χ0n) is 11.3. The molecule has 0 spiro atoms. The lowest BCUT2D eigenvalue weighted by atomic mass is 10.2. The Morgan fingerprint density at radius 1 is 1.43 bits per heavy atom. The Hall–Kier alpha value is -1.64. The first-order valence-electron chi connectivity index (χ1n) is 6.21. The summed E-state index contributed by atoms with van der Waals surface area (Å²) < 4.78 is 11.0. The molecule has 2 rings (SSSR count). The second kappa shape index (κ2) is 6.42. The summed E-state index contributed by atoms with van der Waals surface area (Å²) in [6.07, 6.45) is 1.30. The predicted molar refractivity (Wildman–Crippen MR) is 78.1 cm³/mol. The van der Waals surface area contributed by atoms with Crippen molar-refractivity contribution in [2.45, 2.75) is 19.1 Å². The number of hydrazone groups is 1. The van der Waals surface area contributed by atoms with E-state index in [0.717, 1.165) is 0 Å². The number of amides is 1. The van der Waals surface area contributed by atoms with Crippen molar-refractivity contribution < 1.29 is 24.5 Å². The van der Waals surface area contributed by atoms with E-state index >= 15 is 0 Å². The fourth-order valence-electron chi connectivity index (χ4n) is 1.83. The molecule has 1 saturated heterocycles. The summed E-state index contributed by atoms with van der Waals surface area (Å²) in [5.41, 5.74) is 2.67. The first-order chi connectivity index (χ1) is 9.89. The van der Waals surface area contributed by atoms with Crippen LogP contribution in [0.4, 0.5) is 0 Å². The van der Waals surface area contributed by atoms with Crippen LogP contribution in [-0.2, 0) is 14.3 Å². The number of nitrogens with one attached hydrogen (secondary N) is 1. The molecule has 21 heavy (non-hydrogen) atoms. The number of phenolic OH excluding ortho intramolecular Hbond substituents is 2. The number of halogens is 1. The van der Waals surface area contributed by atoms with E-state index in [1.807, 2.05) is 0 Å². The molecule has 7 nitrogen and oxygen atoms in total. The number of hydrogen-bond acceptors (Lipinski definition) is 6. The minimum absolute atomic E-state index is 0.0234. The molecule has 1 amide bonds. The number of carbonyl (C=O) groups excluding carboxylic acids is 1. The summed E-state index contributed by atoms with van der Waals surface area (Å²) in [5, 5.41) is 22.8. The van der Waals surface area contributed by atoms with E-state index < -0.39 is 5.79 Å². The van der Waals surface area contributed by atoms with Gasteiger partial charge in [-0.2, -0.15) is 5.10 Å². The highest BCUT2D eigenvalue weighted by Gasteiger charge is 2.33. The average Bonchev–Trinajstić information content (AvgIpc) is 2.82. The maximum Gasteiger partial charge on any atom is 0.245 e. The van der Waals surface area contributed by atoms with E-state index in [0.29, 0.717) is 23.2 Å². The summed E-state index contributed by atoms with van der Waals surface area (Å²) in [6, 6.07) is 2.65. The normalized spacial score (nSPS) is 17.2. The fourth-order valence-corrected chi connectivity index (χ4v) is 2.19. The summed E-state index contributed by atoms with van der Waals surface area (Å²) in [4.78, 5) is 11.7. The molecule has 8 heteroatoms. The first kappa shape index (κ1) is 15.7. The summed E-state index contributed by atoms with van der Waals surface area (Å²) in [5.74, 6) is -1.52. The zero-order valence-corrected chi connectivity index (χ0v) is 12.9. The van der Waals surface area contributed by atoms with Crippen LogP contribution in [0.2, 0.25) is 0 Å². The fraction of sp³-hybridized carbons (Fsp3) is 0.385. The second-order valence-corrected chi connectivity index (χ2v) is 5.52. The number of hydrogen-bond donors (Lipinski definition) is 3. The van der Waals surface area contributed by atoms with Gasteiger partial charge in [0.2, 0.25) is 5.91 Å². The van der Waals surface area contributed by atoms with Gasteiger partial charge in [-0.1, -0.05) is 0 Å². The van der Waals surface area contributed by atoms with Crippen LogP contribution in [0.1, 0.15) is 18.9 Å². The summed E-state index contributed by atoms with van der Waals surface area (Å²) in [7, 11) is 0. The highest BCUT2D eigenvalue weighted by atomic mass is 79.9. The van der Waals surface area contributed by atoms with Gasteiger partial charge in [0.05, 0.1) is 30.3 Å². The van der Waals surface area contributed by atoms with E-state index in [-0.39, 0.29) is 23.8 Å². The molecule has 0 aromatic heterocycles. The van der Waals surface area contributed by atoms with Gasteiger partial charge in [-0.05, 0) is 28.9 Å². The Bertz CT molecular complexity index is 570. The molecule has 114 valence electrons. The Morgan fingerprint density at radius 2 is 2.10 bits per heavy atom. The molecule has 0 aliphatic carbocycles. The third kappa shape index (κ3) is 4.16. The molecule has 1 aliphatic rings. The van der Waals surface area contributed by atoms with E-state index in [2.05, 4.69) is 26.5 Å². The van der Waals surface area contributed by atoms with Crippen LogP contribution >= 0.6 is 15.9 Å². The quantitative estimate of drug-likeness (QED) is 0.558. The zero-order chi connectivity index (χ0) is 15.5. The van der Waals surface area contributed by atoms with Gasteiger partial charge in [0.1, 0.15) is 11.5 Å². The first-order valence-corrected chi connectivity index (χ1v) is 7.00. The molecule has 1 fully saturated rings. The molecule has 1 aliphatic heterocycles. The lowest BCUT2D eigenvalue weighted by Crippen LogP contribution is -2.33. The molecular formula is C13H15BrN2O5. The van der Waals surface area contributed by atoms with Crippen molar-refractivity contribution in [3.05, 3.63) is 22.2 Å². The topological polar surface area (TPSA) is 100 Å². The van der Waals surface area contributed by atoms with Gasteiger partial charge in [-0.15, -0.1) is 0 Å². The summed E-state index contributed by atoms with van der Waals surface area (Å²) in [6.45, 7) is 2.61. The third-order valence-corrected chi connectivity index (χ3v) is 3.50. The van der Waals surface area contributed by atoms with Crippen molar-refractivity contribution in [1.29, 1.82) is 0 Å². The SMILES string of the molecule is CC1(CC(=O)NN=Cc2cc(Br)c(O)cc2O)OCCO1. The Labute approximate surface area is 129 Å². The van der Waals surface area contributed by atoms with Crippen LogP contribution in [0.25, 0.3) is 0 Å². The van der Waals surface area contributed by atoms with Crippen molar-refractivity contribution >= 4 is 28.1 Å². The van der Waals surface area contributed by atoms with Gasteiger partial charge in [-0.3, -0.25) is 4.79 Å². The van der Waals surface area contributed by atoms with E-state index in [9.17, 15) is 15.0 Å². The van der Waals surface area contributed by atoms with Crippen LogP contribution in [0.15, 0.2) is 21.7 Å². The van der Waals surface area contributed by atoms with Crippen molar-refractivity contribution in [3.63, 3.8) is 0 Å². The van der Waals surface area contributed by atoms with Gasteiger partial charge in [-0.25, -0.2) is 5.43 Å². The van der Waals surface area contributed by atoms with Crippen molar-refractivity contribution in [3.8, 4) is 11.5 Å². The smallest absolute Gasteiger partial charge is 0.245 e. The molecule has 0 unspecified atom stereocenters. The van der Waals surface area contributed by atoms with Gasteiger partial charge < -0.3 is 19.7 Å². The third-order valence-electron chi connectivity index (χ3n) is 2.87. The van der Waals surface area contributed by atoms with Gasteiger partial charge in [0.15, 0.2) is 5.79 Å². The minimum atomic E-state index is -0.913. The number of rotatable bonds is 4. The number of aromatic hydroxyl groups is 2. The Balaban J connectivity index is 1.93. The lowest BCUT2D eigenvalue weighted by molar-refractivity contribution is -0.159. The largest absolute Gasteiger partial charge is 0.507 e. The number of carbonyl (C=O) groups is 1. The summed E-state index contributed by atoms with van der Waals surface area (Å²) >= 11 is 3.12. The van der Waals surface area contributed by atoms with Crippen LogP contribution in [0.5, 0.6) is 11.5 Å². The highest BCUT2D eigenvalue weighted by Crippen LogP contribution is 2.30. The molecule has 0 saturated carbocycles. The van der Waals surface area contributed by atoms with Crippen LogP contribution in [-0.4, -0.2) is 41.3 Å². The monoisotopic (exact) mass is 358 g/mol. The van der Waals surface area contributed by atoms with Gasteiger partial charge in [0, 0.05) is 11.6 Å².